The van der Waals surface area contributed by atoms with Crippen molar-refractivity contribution in [2.45, 2.75) is 26.3 Å². The Balaban J connectivity index is 2.50. The van der Waals surface area contributed by atoms with Crippen LogP contribution in [-0.4, -0.2) is 44.8 Å². The largest absolute Gasteiger partial charge is 0.469 e. The SMILES string of the molecule is CCc1ccc(CN(CCOC)CCC(=O)OC)s1. The van der Waals surface area contributed by atoms with Gasteiger partial charge in [0.2, 0.25) is 0 Å². The quantitative estimate of drug-likeness (QED) is 0.653. The van der Waals surface area contributed by atoms with E-state index in [2.05, 4.69) is 28.7 Å². The predicted molar refractivity (Wildman–Crippen MR) is 77.5 cm³/mol. The van der Waals surface area contributed by atoms with E-state index in [0.29, 0.717) is 19.6 Å². The van der Waals surface area contributed by atoms with Gasteiger partial charge in [0.15, 0.2) is 0 Å². The van der Waals surface area contributed by atoms with E-state index >= 15 is 0 Å². The predicted octanol–water partition coefficient (Wildman–Crippen LogP) is 2.32. The molecule has 19 heavy (non-hydrogen) atoms. The first-order chi connectivity index (χ1) is 9.19. The molecule has 5 heteroatoms. The van der Waals surface area contributed by atoms with Gasteiger partial charge in [-0.15, -0.1) is 11.3 Å². The molecule has 0 atom stereocenters. The summed E-state index contributed by atoms with van der Waals surface area (Å²) in [7, 11) is 3.12. The molecule has 0 aliphatic heterocycles. The zero-order chi connectivity index (χ0) is 14.1. The van der Waals surface area contributed by atoms with Gasteiger partial charge in [0.05, 0.1) is 20.1 Å². The highest BCUT2D eigenvalue weighted by molar-refractivity contribution is 7.11. The lowest BCUT2D eigenvalue weighted by Crippen LogP contribution is -2.29. The molecule has 0 spiro atoms. The van der Waals surface area contributed by atoms with Crippen LogP contribution in [0.3, 0.4) is 0 Å². The van der Waals surface area contributed by atoms with Crippen molar-refractivity contribution < 1.29 is 14.3 Å². The number of hydrogen-bond donors (Lipinski definition) is 0. The summed E-state index contributed by atoms with van der Waals surface area (Å²) in [6.07, 6.45) is 1.50. The van der Waals surface area contributed by atoms with E-state index in [1.807, 2.05) is 11.3 Å². The number of aryl methyl sites for hydroxylation is 1. The minimum atomic E-state index is -0.164. The van der Waals surface area contributed by atoms with E-state index in [-0.39, 0.29) is 5.97 Å². The summed E-state index contributed by atoms with van der Waals surface area (Å²) in [6.45, 7) is 5.23. The molecule has 1 aromatic heterocycles. The number of ether oxygens (including phenoxy) is 2. The lowest BCUT2D eigenvalue weighted by Gasteiger charge is -2.20. The summed E-state index contributed by atoms with van der Waals surface area (Å²) in [6, 6.07) is 4.34. The zero-order valence-electron chi connectivity index (χ0n) is 12.0. The van der Waals surface area contributed by atoms with Gasteiger partial charge >= 0.3 is 5.97 Å². The molecule has 1 heterocycles. The first-order valence-corrected chi connectivity index (χ1v) is 7.37. The number of thiophene rings is 1. The molecule has 0 N–H and O–H groups in total. The highest BCUT2D eigenvalue weighted by Gasteiger charge is 2.10. The van der Waals surface area contributed by atoms with Crippen molar-refractivity contribution in [3.63, 3.8) is 0 Å². The first kappa shape index (κ1) is 16.1. The van der Waals surface area contributed by atoms with E-state index in [1.54, 1.807) is 7.11 Å². The second-order valence-corrected chi connectivity index (χ2v) is 5.57. The molecule has 0 radical (unpaired) electrons. The topological polar surface area (TPSA) is 38.8 Å². The van der Waals surface area contributed by atoms with Crippen molar-refractivity contribution in [1.29, 1.82) is 0 Å². The van der Waals surface area contributed by atoms with Crippen molar-refractivity contribution in [2.75, 3.05) is 33.9 Å². The third-order valence-electron chi connectivity index (χ3n) is 2.92. The van der Waals surface area contributed by atoms with Crippen molar-refractivity contribution >= 4 is 17.3 Å². The van der Waals surface area contributed by atoms with Gasteiger partial charge < -0.3 is 9.47 Å². The fourth-order valence-electron chi connectivity index (χ4n) is 1.76. The minimum absolute atomic E-state index is 0.164. The summed E-state index contributed by atoms with van der Waals surface area (Å²) in [5, 5.41) is 0. The normalized spacial score (nSPS) is 10.9. The van der Waals surface area contributed by atoms with Crippen molar-refractivity contribution in [3.05, 3.63) is 21.9 Å². The third kappa shape index (κ3) is 6.18. The highest BCUT2D eigenvalue weighted by atomic mass is 32.1. The molecule has 0 aromatic carbocycles. The van der Waals surface area contributed by atoms with Gasteiger partial charge in [-0.05, 0) is 18.6 Å². The molecule has 1 rings (SSSR count). The van der Waals surface area contributed by atoms with Gasteiger partial charge in [-0.1, -0.05) is 6.92 Å². The van der Waals surface area contributed by atoms with Crippen LogP contribution in [-0.2, 0) is 27.2 Å². The van der Waals surface area contributed by atoms with Crippen LogP contribution in [0.4, 0.5) is 0 Å². The maximum absolute atomic E-state index is 11.2. The maximum Gasteiger partial charge on any atom is 0.306 e. The van der Waals surface area contributed by atoms with E-state index in [0.717, 1.165) is 19.5 Å². The van der Waals surface area contributed by atoms with Crippen LogP contribution in [0.15, 0.2) is 12.1 Å². The molecule has 0 aliphatic rings. The lowest BCUT2D eigenvalue weighted by atomic mass is 10.3. The van der Waals surface area contributed by atoms with Gasteiger partial charge in [-0.3, -0.25) is 9.69 Å². The van der Waals surface area contributed by atoms with Crippen LogP contribution in [0.2, 0.25) is 0 Å². The molecule has 4 nitrogen and oxygen atoms in total. The summed E-state index contributed by atoms with van der Waals surface area (Å²) in [5.74, 6) is -0.164. The Morgan fingerprint density at radius 3 is 2.58 bits per heavy atom. The second-order valence-electron chi connectivity index (χ2n) is 4.32. The van der Waals surface area contributed by atoms with E-state index in [1.165, 1.54) is 16.9 Å². The first-order valence-electron chi connectivity index (χ1n) is 6.55. The summed E-state index contributed by atoms with van der Waals surface area (Å²) in [5.41, 5.74) is 0. The number of carbonyl (C=O) groups is 1. The van der Waals surface area contributed by atoms with Gasteiger partial charge in [-0.25, -0.2) is 0 Å². The molecule has 0 fully saturated rings. The van der Waals surface area contributed by atoms with Crippen molar-refractivity contribution in [1.82, 2.24) is 4.90 Å². The fourth-order valence-corrected chi connectivity index (χ4v) is 2.76. The molecular weight excluding hydrogens is 262 g/mol. The smallest absolute Gasteiger partial charge is 0.306 e. The van der Waals surface area contributed by atoms with E-state index < -0.39 is 0 Å². The van der Waals surface area contributed by atoms with Gasteiger partial charge in [-0.2, -0.15) is 0 Å². The second kappa shape index (κ2) is 9.07. The summed E-state index contributed by atoms with van der Waals surface area (Å²) >= 11 is 1.84. The maximum atomic E-state index is 11.2. The highest BCUT2D eigenvalue weighted by Crippen LogP contribution is 2.18. The van der Waals surface area contributed by atoms with Crippen molar-refractivity contribution in [2.24, 2.45) is 0 Å². The van der Waals surface area contributed by atoms with Gasteiger partial charge in [0, 0.05) is 36.5 Å². The van der Waals surface area contributed by atoms with Crippen LogP contribution in [0, 0.1) is 0 Å². The Kier molecular flexibility index (Phi) is 7.70. The Labute approximate surface area is 119 Å². The Morgan fingerprint density at radius 2 is 2.00 bits per heavy atom. The van der Waals surface area contributed by atoms with Gasteiger partial charge in [0.25, 0.3) is 0 Å². The number of nitrogens with zero attached hydrogens (tertiary/aromatic N) is 1. The summed E-state index contributed by atoms with van der Waals surface area (Å²) in [4.78, 5) is 16.2. The Bertz CT molecular complexity index is 379. The Morgan fingerprint density at radius 1 is 1.26 bits per heavy atom. The molecule has 0 aliphatic carbocycles. The monoisotopic (exact) mass is 285 g/mol. The average molecular weight is 285 g/mol. The number of hydrogen-bond acceptors (Lipinski definition) is 5. The zero-order valence-corrected chi connectivity index (χ0v) is 12.8. The van der Waals surface area contributed by atoms with Crippen LogP contribution in [0.1, 0.15) is 23.1 Å². The van der Waals surface area contributed by atoms with Crippen molar-refractivity contribution in [3.8, 4) is 0 Å². The third-order valence-corrected chi connectivity index (χ3v) is 4.13. The molecule has 1 aromatic rings. The fraction of sp³-hybridized carbons (Fsp3) is 0.643. The molecule has 108 valence electrons. The molecule has 0 saturated heterocycles. The van der Waals surface area contributed by atoms with Crippen LogP contribution >= 0.6 is 11.3 Å². The molecule has 0 unspecified atom stereocenters. The summed E-state index contributed by atoms with van der Waals surface area (Å²) < 4.78 is 9.80. The van der Waals surface area contributed by atoms with Crippen LogP contribution in [0.5, 0.6) is 0 Å². The molecular formula is C14H23NO3S. The molecule has 0 saturated carbocycles. The number of methoxy groups -OCH3 is 2. The molecule has 0 amide bonds. The molecule has 0 bridgehead atoms. The lowest BCUT2D eigenvalue weighted by molar-refractivity contribution is -0.141. The Hall–Kier alpha value is -0.910. The van der Waals surface area contributed by atoms with E-state index in [9.17, 15) is 4.79 Å². The average Bonchev–Trinajstić information content (AvgIpc) is 2.89. The number of esters is 1. The number of rotatable bonds is 9. The van der Waals surface area contributed by atoms with Crippen LogP contribution < -0.4 is 0 Å². The van der Waals surface area contributed by atoms with Gasteiger partial charge in [0.1, 0.15) is 0 Å². The standard InChI is InChI=1S/C14H23NO3S/c1-4-12-5-6-13(19-12)11-15(9-10-17-2)8-7-14(16)18-3/h5-6H,4,7-11H2,1-3H3. The van der Waals surface area contributed by atoms with E-state index in [4.69, 9.17) is 4.74 Å². The van der Waals surface area contributed by atoms with Crippen LogP contribution in [0.25, 0.3) is 0 Å². The number of carbonyl (C=O) groups excluding carboxylic acids is 1. The minimum Gasteiger partial charge on any atom is -0.469 e.